The number of aliphatic hydroxyl groups is 1. The molecule has 0 aliphatic rings. The lowest BCUT2D eigenvalue weighted by Gasteiger charge is -2.15. The van der Waals surface area contributed by atoms with E-state index in [1.54, 1.807) is 0 Å². The van der Waals surface area contributed by atoms with Crippen LogP contribution in [-0.4, -0.2) is 36.4 Å². The quantitative estimate of drug-likeness (QED) is 0.0374. The van der Waals surface area contributed by atoms with Gasteiger partial charge in [0.2, 0.25) is 0 Å². The third-order valence-corrected chi connectivity index (χ3v) is 14.2. The van der Waals surface area contributed by atoms with Crippen LogP contribution in [0.1, 0.15) is 348 Å². The second-order valence-corrected chi connectivity index (χ2v) is 21.1. The maximum atomic E-state index is 12.3. The van der Waals surface area contributed by atoms with E-state index in [4.69, 9.17) is 9.47 Å². The monoisotopic (exact) mass is 957 g/mol. The van der Waals surface area contributed by atoms with E-state index in [-0.39, 0.29) is 25.2 Å². The Bertz CT molecular complexity index is 1040. The lowest BCUT2D eigenvalue weighted by molar-refractivity contribution is -0.161. The van der Waals surface area contributed by atoms with Gasteiger partial charge in [0.05, 0.1) is 6.61 Å². The van der Waals surface area contributed by atoms with Crippen molar-refractivity contribution in [3.8, 4) is 0 Å². The highest BCUT2D eigenvalue weighted by molar-refractivity contribution is 5.70. The largest absolute Gasteiger partial charge is 0.462 e. The van der Waals surface area contributed by atoms with E-state index in [1.807, 2.05) is 0 Å². The molecule has 5 nitrogen and oxygen atoms in total. The molecule has 0 heterocycles. The highest BCUT2D eigenvalue weighted by Crippen LogP contribution is 2.18. The standard InChI is InChI=1S/C63H120O5/c1-3-5-7-9-11-13-15-17-19-21-23-25-27-28-29-30-31-32-33-34-36-38-40-42-44-46-48-50-52-54-56-58-63(66)68-61(59-64)60-67-62(65)57-55-53-51-49-47-45-43-41-39-37-35-26-24-22-20-18-16-14-12-10-8-6-4-2/h21-24,61,64H,3-20,25-60H2,1-2H3/b23-21-,24-22-. The van der Waals surface area contributed by atoms with Gasteiger partial charge in [-0.05, 0) is 64.2 Å². The zero-order valence-electron chi connectivity index (χ0n) is 46.2. The maximum absolute atomic E-state index is 12.3. The molecular weight excluding hydrogens is 837 g/mol. The summed E-state index contributed by atoms with van der Waals surface area (Å²) in [5, 5.41) is 9.67. The second-order valence-electron chi connectivity index (χ2n) is 21.1. The van der Waals surface area contributed by atoms with Gasteiger partial charge in [0, 0.05) is 12.8 Å². The average molecular weight is 958 g/mol. The van der Waals surface area contributed by atoms with Crippen molar-refractivity contribution in [1.82, 2.24) is 0 Å². The van der Waals surface area contributed by atoms with Crippen molar-refractivity contribution in [2.75, 3.05) is 13.2 Å². The molecule has 1 N–H and O–H groups in total. The van der Waals surface area contributed by atoms with Gasteiger partial charge in [-0.3, -0.25) is 9.59 Å². The molecule has 0 bridgehead atoms. The summed E-state index contributed by atoms with van der Waals surface area (Å²) >= 11 is 0. The maximum Gasteiger partial charge on any atom is 0.306 e. The molecule has 0 amide bonds. The second kappa shape index (κ2) is 59.7. The number of esters is 2. The molecule has 0 saturated heterocycles. The van der Waals surface area contributed by atoms with E-state index in [2.05, 4.69) is 38.2 Å². The number of carbonyl (C=O) groups is 2. The molecule has 0 aromatic carbocycles. The van der Waals surface area contributed by atoms with Crippen LogP contribution in [0.25, 0.3) is 0 Å². The third-order valence-electron chi connectivity index (χ3n) is 14.2. The number of carbonyl (C=O) groups excluding carboxylic acids is 2. The molecule has 0 saturated carbocycles. The van der Waals surface area contributed by atoms with E-state index in [9.17, 15) is 14.7 Å². The zero-order valence-corrected chi connectivity index (χ0v) is 46.2. The molecule has 0 aromatic rings. The summed E-state index contributed by atoms with van der Waals surface area (Å²) in [7, 11) is 0. The highest BCUT2D eigenvalue weighted by Gasteiger charge is 2.16. The van der Waals surface area contributed by atoms with Crippen LogP contribution < -0.4 is 0 Å². The first kappa shape index (κ1) is 66.4. The first-order valence-corrected chi connectivity index (χ1v) is 30.9. The van der Waals surface area contributed by atoms with Crippen LogP contribution in [0.2, 0.25) is 0 Å². The van der Waals surface area contributed by atoms with Crippen molar-refractivity contribution in [1.29, 1.82) is 0 Å². The number of rotatable bonds is 58. The SMILES string of the molecule is CCCCCCCCCC/C=C\CCCCCCCCCCCCCCCCCCCCCC(=O)OC(CO)COC(=O)CCCCCCCCCCCCC/C=C\CCCCCCCCCC. The lowest BCUT2D eigenvalue weighted by atomic mass is 10.0. The van der Waals surface area contributed by atoms with Crippen molar-refractivity contribution in [3.63, 3.8) is 0 Å². The van der Waals surface area contributed by atoms with Gasteiger partial charge in [-0.15, -0.1) is 0 Å². The number of hydrogen-bond donors (Lipinski definition) is 1. The molecule has 5 heteroatoms. The molecule has 0 spiro atoms. The van der Waals surface area contributed by atoms with Crippen LogP contribution in [0.4, 0.5) is 0 Å². The number of allylic oxidation sites excluding steroid dienone is 4. The fraction of sp³-hybridized carbons (Fsp3) is 0.905. The van der Waals surface area contributed by atoms with Crippen LogP contribution in [0.5, 0.6) is 0 Å². The molecule has 0 aliphatic carbocycles. The summed E-state index contributed by atoms with van der Waals surface area (Å²) in [4.78, 5) is 24.6. The van der Waals surface area contributed by atoms with Crippen LogP contribution >= 0.6 is 0 Å². The molecule has 68 heavy (non-hydrogen) atoms. The van der Waals surface area contributed by atoms with Crippen LogP contribution in [-0.2, 0) is 19.1 Å². The molecule has 1 atom stereocenters. The summed E-state index contributed by atoms with van der Waals surface area (Å²) < 4.78 is 10.7. The summed E-state index contributed by atoms with van der Waals surface area (Å²) in [6, 6.07) is 0. The molecule has 0 rings (SSSR count). The average Bonchev–Trinajstić information content (AvgIpc) is 3.34. The topological polar surface area (TPSA) is 72.8 Å². The Morgan fingerprint density at radius 2 is 0.544 bits per heavy atom. The van der Waals surface area contributed by atoms with Crippen molar-refractivity contribution >= 4 is 11.9 Å². The third kappa shape index (κ3) is 57.0. The van der Waals surface area contributed by atoms with E-state index in [1.165, 1.54) is 283 Å². The zero-order chi connectivity index (χ0) is 49.2. The molecule has 0 aliphatic heterocycles. The van der Waals surface area contributed by atoms with Crippen molar-refractivity contribution in [2.24, 2.45) is 0 Å². The van der Waals surface area contributed by atoms with E-state index in [0.717, 1.165) is 38.5 Å². The molecule has 1 unspecified atom stereocenters. The minimum absolute atomic E-state index is 0.0602. The summed E-state index contributed by atoms with van der Waals surface area (Å²) in [6.45, 7) is 4.19. The van der Waals surface area contributed by atoms with E-state index >= 15 is 0 Å². The van der Waals surface area contributed by atoms with Gasteiger partial charge in [-0.1, -0.05) is 295 Å². The normalized spacial score (nSPS) is 12.2. The number of hydrogen-bond acceptors (Lipinski definition) is 5. The molecule has 0 aromatic heterocycles. The van der Waals surface area contributed by atoms with Gasteiger partial charge >= 0.3 is 11.9 Å². The van der Waals surface area contributed by atoms with E-state index in [0.29, 0.717) is 12.8 Å². The number of unbranched alkanes of at least 4 members (excludes halogenated alkanes) is 46. The molecular formula is C63H120O5. The van der Waals surface area contributed by atoms with Crippen molar-refractivity contribution < 1.29 is 24.2 Å². The van der Waals surface area contributed by atoms with Gasteiger partial charge in [0.1, 0.15) is 6.61 Å². The minimum atomic E-state index is -0.769. The Morgan fingerprint density at radius 3 is 0.794 bits per heavy atom. The fourth-order valence-electron chi connectivity index (χ4n) is 9.55. The van der Waals surface area contributed by atoms with Crippen LogP contribution in [0, 0.1) is 0 Å². The Kier molecular flexibility index (Phi) is 58.3. The Labute approximate surface area is 425 Å². The highest BCUT2D eigenvalue weighted by atomic mass is 16.6. The van der Waals surface area contributed by atoms with Gasteiger partial charge in [0.15, 0.2) is 6.10 Å². The fourth-order valence-corrected chi connectivity index (χ4v) is 9.55. The number of aliphatic hydroxyl groups excluding tert-OH is 1. The molecule has 0 fully saturated rings. The molecule has 0 radical (unpaired) electrons. The first-order chi connectivity index (χ1) is 33.6. The van der Waals surface area contributed by atoms with Crippen molar-refractivity contribution in [2.45, 2.75) is 354 Å². The van der Waals surface area contributed by atoms with Crippen LogP contribution in [0.15, 0.2) is 24.3 Å². The predicted molar refractivity (Wildman–Crippen MR) is 298 cm³/mol. The summed E-state index contributed by atoms with van der Waals surface area (Å²) in [5.41, 5.74) is 0. The van der Waals surface area contributed by atoms with Gasteiger partial charge in [-0.2, -0.15) is 0 Å². The van der Waals surface area contributed by atoms with E-state index < -0.39 is 6.10 Å². The Balaban J connectivity index is 3.40. The summed E-state index contributed by atoms with van der Waals surface area (Å²) in [5.74, 6) is -0.570. The van der Waals surface area contributed by atoms with Crippen LogP contribution in [0.3, 0.4) is 0 Å². The minimum Gasteiger partial charge on any atom is -0.462 e. The Morgan fingerprint density at radius 1 is 0.324 bits per heavy atom. The number of ether oxygens (including phenoxy) is 2. The smallest absolute Gasteiger partial charge is 0.306 e. The van der Waals surface area contributed by atoms with Crippen molar-refractivity contribution in [3.05, 3.63) is 24.3 Å². The van der Waals surface area contributed by atoms with Gasteiger partial charge in [-0.25, -0.2) is 0 Å². The summed E-state index contributed by atoms with van der Waals surface area (Å²) in [6.07, 6.45) is 76.1. The predicted octanol–water partition coefficient (Wildman–Crippen LogP) is 20.9. The lowest BCUT2D eigenvalue weighted by Crippen LogP contribution is -2.28. The Hall–Kier alpha value is -1.62. The van der Waals surface area contributed by atoms with Gasteiger partial charge in [0.25, 0.3) is 0 Å². The first-order valence-electron chi connectivity index (χ1n) is 30.9. The van der Waals surface area contributed by atoms with Gasteiger partial charge < -0.3 is 14.6 Å². The molecule has 402 valence electrons.